The maximum Gasteiger partial charge on any atom is 0.412 e. The average Bonchev–Trinajstić information content (AvgIpc) is 2.41. The van der Waals surface area contributed by atoms with Crippen LogP contribution in [0.15, 0.2) is 47.1 Å². The summed E-state index contributed by atoms with van der Waals surface area (Å²) in [5.74, 6) is 0. The molecule has 4 nitrogen and oxygen atoms in total. The minimum atomic E-state index is -0.574. The molecule has 19 heavy (non-hydrogen) atoms. The van der Waals surface area contributed by atoms with Gasteiger partial charge in [-0.05, 0) is 33.6 Å². The van der Waals surface area contributed by atoms with Gasteiger partial charge in [0.1, 0.15) is 11.2 Å². The van der Waals surface area contributed by atoms with E-state index in [0.717, 1.165) is 5.56 Å². The van der Waals surface area contributed by atoms with E-state index in [1.165, 1.54) is 0 Å². The quantitative estimate of drug-likeness (QED) is 0.849. The first-order valence-corrected chi connectivity index (χ1v) is 6.62. The molecule has 1 N–H and O–H groups in total. The number of halogens is 2. The molecule has 0 saturated carbocycles. The predicted molar refractivity (Wildman–Crippen MR) is 77.2 cm³/mol. The molecule has 0 unspecified atom stereocenters. The van der Waals surface area contributed by atoms with Crippen LogP contribution in [0.5, 0.6) is 0 Å². The Labute approximate surface area is 123 Å². The number of amides is 1. The summed E-state index contributed by atoms with van der Waals surface area (Å²) in [6.07, 6.45) is -0.574. The normalized spacial score (nSPS) is 10.0. The van der Waals surface area contributed by atoms with Gasteiger partial charge in [-0.15, -0.1) is 0 Å². The molecule has 0 saturated heterocycles. The van der Waals surface area contributed by atoms with Crippen molar-refractivity contribution in [3.05, 3.63) is 57.8 Å². The van der Waals surface area contributed by atoms with Crippen LogP contribution in [0, 0.1) is 0 Å². The highest BCUT2D eigenvalue weighted by molar-refractivity contribution is 9.10. The van der Waals surface area contributed by atoms with Crippen LogP contribution in [-0.2, 0) is 11.3 Å². The highest BCUT2D eigenvalue weighted by Gasteiger charge is 2.08. The SMILES string of the molecule is O=C(Nc1ccc(Br)nc1Cl)OCc1ccccc1. The van der Waals surface area contributed by atoms with Crippen LogP contribution in [0.2, 0.25) is 5.15 Å². The van der Waals surface area contributed by atoms with Gasteiger partial charge in [0.15, 0.2) is 5.15 Å². The summed E-state index contributed by atoms with van der Waals surface area (Å²) >= 11 is 9.06. The molecule has 0 radical (unpaired) electrons. The van der Waals surface area contributed by atoms with E-state index >= 15 is 0 Å². The molecular weight excluding hydrogens is 332 g/mol. The van der Waals surface area contributed by atoms with Crippen molar-refractivity contribution in [3.63, 3.8) is 0 Å². The Kier molecular flexibility index (Phi) is 4.76. The second kappa shape index (κ2) is 6.54. The van der Waals surface area contributed by atoms with Gasteiger partial charge in [-0.2, -0.15) is 0 Å². The largest absolute Gasteiger partial charge is 0.444 e. The molecular formula is C13H10BrClN2O2. The molecule has 1 amide bonds. The highest BCUT2D eigenvalue weighted by Crippen LogP contribution is 2.21. The monoisotopic (exact) mass is 340 g/mol. The van der Waals surface area contributed by atoms with E-state index in [1.54, 1.807) is 12.1 Å². The lowest BCUT2D eigenvalue weighted by atomic mass is 10.2. The number of nitrogens with zero attached hydrogens (tertiary/aromatic N) is 1. The van der Waals surface area contributed by atoms with Crippen molar-refractivity contribution in [2.75, 3.05) is 5.32 Å². The predicted octanol–water partition coefficient (Wildman–Crippen LogP) is 4.25. The molecule has 0 aliphatic rings. The minimum absolute atomic E-state index is 0.200. The highest BCUT2D eigenvalue weighted by atomic mass is 79.9. The van der Waals surface area contributed by atoms with Crippen molar-refractivity contribution in [1.82, 2.24) is 4.98 Å². The molecule has 2 rings (SSSR count). The van der Waals surface area contributed by atoms with E-state index in [-0.39, 0.29) is 11.8 Å². The number of pyridine rings is 1. The van der Waals surface area contributed by atoms with Crippen molar-refractivity contribution in [2.45, 2.75) is 6.61 Å². The van der Waals surface area contributed by atoms with Gasteiger partial charge in [-0.25, -0.2) is 9.78 Å². The smallest absolute Gasteiger partial charge is 0.412 e. The molecule has 98 valence electrons. The maximum absolute atomic E-state index is 11.6. The van der Waals surface area contributed by atoms with Gasteiger partial charge in [-0.3, -0.25) is 5.32 Å². The third kappa shape index (κ3) is 4.22. The van der Waals surface area contributed by atoms with E-state index in [1.807, 2.05) is 30.3 Å². The summed E-state index contributed by atoms with van der Waals surface area (Å²) < 4.78 is 5.67. The number of aromatic nitrogens is 1. The Morgan fingerprint density at radius 1 is 1.26 bits per heavy atom. The second-order valence-corrected chi connectivity index (χ2v) is 4.83. The van der Waals surface area contributed by atoms with E-state index < -0.39 is 6.09 Å². The fourth-order valence-corrected chi connectivity index (χ4v) is 1.99. The number of carbonyl (C=O) groups is 1. The molecule has 6 heteroatoms. The number of hydrogen-bond donors (Lipinski definition) is 1. The zero-order chi connectivity index (χ0) is 13.7. The lowest BCUT2D eigenvalue weighted by molar-refractivity contribution is 0.155. The Bertz CT molecular complexity index is 578. The van der Waals surface area contributed by atoms with Crippen molar-refractivity contribution in [2.24, 2.45) is 0 Å². The molecule has 0 aliphatic carbocycles. The van der Waals surface area contributed by atoms with E-state index in [2.05, 4.69) is 26.2 Å². The third-order valence-corrected chi connectivity index (χ3v) is 2.99. The number of rotatable bonds is 3. The van der Waals surface area contributed by atoms with E-state index in [9.17, 15) is 4.79 Å². The Hall–Kier alpha value is -1.59. The van der Waals surface area contributed by atoms with Gasteiger partial charge >= 0.3 is 6.09 Å². The molecule has 0 aliphatic heterocycles. The van der Waals surface area contributed by atoms with Crippen molar-refractivity contribution >= 4 is 39.3 Å². The van der Waals surface area contributed by atoms with Crippen LogP contribution in [0.1, 0.15) is 5.56 Å². The van der Waals surface area contributed by atoms with Gasteiger partial charge in [0.05, 0.1) is 5.69 Å². The molecule has 1 heterocycles. The third-order valence-electron chi connectivity index (χ3n) is 2.26. The van der Waals surface area contributed by atoms with Crippen LogP contribution in [0.3, 0.4) is 0 Å². The van der Waals surface area contributed by atoms with Crippen molar-refractivity contribution in [3.8, 4) is 0 Å². The fourth-order valence-electron chi connectivity index (χ4n) is 1.37. The molecule has 0 fully saturated rings. The number of nitrogens with one attached hydrogen (secondary N) is 1. The van der Waals surface area contributed by atoms with Crippen LogP contribution < -0.4 is 5.32 Å². The number of ether oxygens (including phenoxy) is 1. The Balaban J connectivity index is 1.91. The first-order chi connectivity index (χ1) is 9.15. The van der Waals surface area contributed by atoms with Gasteiger partial charge in [0, 0.05) is 0 Å². The summed E-state index contributed by atoms with van der Waals surface area (Å²) in [6.45, 7) is 0.203. The molecule has 0 atom stereocenters. The molecule has 0 spiro atoms. The van der Waals surface area contributed by atoms with Gasteiger partial charge < -0.3 is 4.74 Å². The van der Waals surface area contributed by atoms with Crippen LogP contribution in [0.4, 0.5) is 10.5 Å². The van der Waals surface area contributed by atoms with Gasteiger partial charge in [-0.1, -0.05) is 41.9 Å². The van der Waals surface area contributed by atoms with E-state index in [4.69, 9.17) is 16.3 Å². The average molecular weight is 342 g/mol. The fraction of sp³-hybridized carbons (Fsp3) is 0.0769. The summed E-state index contributed by atoms with van der Waals surface area (Å²) in [5, 5.41) is 2.73. The van der Waals surface area contributed by atoms with E-state index in [0.29, 0.717) is 10.3 Å². The van der Waals surface area contributed by atoms with Crippen molar-refractivity contribution in [1.29, 1.82) is 0 Å². The van der Waals surface area contributed by atoms with Crippen LogP contribution in [-0.4, -0.2) is 11.1 Å². The lowest BCUT2D eigenvalue weighted by Crippen LogP contribution is -2.14. The van der Waals surface area contributed by atoms with Gasteiger partial charge in [0.25, 0.3) is 0 Å². The molecule has 2 aromatic rings. The Morgan fingerprint density at radius 3 is 2.68 bits per heavy atom. The topological polar surface area (TPSA) is 51.2 Å². The second-order valence-electron chi connectivity index (χ2n) is 3.66. The number of hydrogen-bond acceptors (Lipinski definition) is 3. The Morgan fingerprint density at radius 2 is 2.00 bits per heavy atom. The summed E-state index contributed by atoms with van der Waals surface area (Å²) in [5.41, 5.74) is 1.32. The zero-order valence-corrected chi connectivity index (χ0v) is 12.1. The maximum atomic E-state index is 11.6. The number of anilines is 1. The first-order valence-electron chi connectivity index (χ1n) is 5.45. The lowest BCUT2D eigenvalue weighted by Gasteiger charge is -2.08. The van der Waals surface area contributed by atoms with Gasteiger partial charge in [0.2, 0.25) is 0 Å². The zero-order valence-electron chi connectivity index (χ0n) is 9.77. The molecule has 0 bridgehead atoms. The first kappa shape index (κ1) is 13.8. The number of carbonyl (C=O) groups excluding carboxylic acids is 1. The summed E-state index contributed by atoms with van der Waals surface area (Å²) in [4.78, 5) is 15.5. The van der Waals surface area contributed by atoms with Crippen LogP contribution >= 0.6 is 27.5 Å². The molecule has 1 aromatic heterocycles. The minimum Gasteiger partial charge on any atom is -0.444 e. The summed E-state index contributed by atoms with van der Waals surface area (Å²) in [6, 6.07) is 12.7. The molecule has 1 aromatic carbocycles. The number of benzene rings is 1. The van der Waals surface area contributed by atoms with Crippen LogP contribution in [0.25, 0.3) is 0 Å². The standard InChI is InChI=1S/C13H10BrClN2O2/c14-11-7-6-10(12(15)17-11)16-13(18)19-8-9-4-2-1-3-5-9/h1-7H,8H2,(H,16,18). The van der Waals surface area contributed by atoms with Crippen molar-refractivity contribution < 1.29 is 9.53 Å². The summed E-state index contributed by atoms with van der Waals surface area (Å²) in [7, 11) is 0.